The second-order valence-electron chi connectivity index (χ2n) is 2.07. The fourth-order valence-corrected chi connectivity index (χ4v) is 1.35. The molecule has 0 aliphatic rings. The van der Waals surface area contributed by atoms with E-state index in [1.165, 1.54) is 12.7 Å². The van der Waals surface area contributed by atoms with Crippen LogP contribution in [-0.2, 0) is 13.6 Å². The molecule has 72 valence electrons. The molecule has 0 rings (SSSR count). The fourth-order valence-electron chi connectivity index (χ4n) is 0.477. The van der Waals surface area contributed by atoms with Crippen molar-refractivity contribution in [3.8, 4) is 0 Å². The molecule has 0 fully saturated rings. The van der Waals surface area contributed by atoms with E-state index in [-0.39, 0.29) is 13.2 Å². The van der Waals surface area contributed by atoms with Gasteiger partial charge in [0.05, 0.1) is 19.5 Å². The van der Waals surface area contributed by atoms with Crippen LogP contribution in [0.3, 0.4) is 0 Å². The SMILES string of the molecule is CP(=O)(OC/C=C/O)OCCN. The van der Waals surface area contributed by atoms with Crippen molar-refractivity contribution >= 4 is 7.60 Å². The largest absolute Gasteiger partial charge is 0.516 e. The average Bonchev–Trinajstić information content (AvgIpc) is 2.01. The second-order valence-corrected chi connectivity index (χ2v) is 4.13. The quantitative estimate of drug-likeness (QED) is 0.485. The summed E-state index contributed by atoms with van der Waals surface area (Å²) in [6, 6.07) is 0. The van der Waals surface area contributed by atoms with Gasteiger partial charge >= 0.3 is 7.60 Å². The molecular weight excluding hydrogens is 181 g/mol. The lowest BCUT2D eigenvalue weighted by Gasteiger charge is -2.11. The van der Waals surface area contributed by atoms with E-state index in [2.05, 4.69) is 0 Å². The first-order valence-electron chi connectivity index (χ1n) is 3.48. The summed E-state index contributed by atoms with van der Waals surface area (Å²) in [6.07, 6.45) is 2.14. The van der Waals surface area contributed by atoms with Crippen molar-refractivity contribution in [1.82, 2.24) is 0 Å². The van der Waals surface area contributed by atoms with E-state index in [0.717, 1.165) is 6.26 Å². The minimum Gasteiger partial charge on any atom is -0.516 e. The smallest absolute Gasteiger partial charge is 0.327 e. The molecule has 0 amide bonds. The summed E-state index contributed by atoms with van der Waals surface area (Å²) < 4.78 is 20.9. The second kappa shape index (κ2) is 6.20. The summed E-state index contributed by atoms with van der Waals surface area (Å²) >= 11 is 0. The highest BCUT2D eigenvalue weighted by Gasteiger charge is 2.14. The maximum atomic E-state index is 11.2. The van der Waals surface area contributed by atoms with Crippen molar-refractivity contribution < 1.29 is 18.7 Å². The van der Waals surface area contributed by atoms with Crippen LogP contribution in [0.1, 0.15) is 0 Å². The molecular formula is C6H14NO4P. The van der Waals surface area contributed by atoms with Gasteiger partial charge in [0, 0.05) is 13.2 Å². The van der Waals surface area contributed by atoms with Crippen LogP contribution in [0.4, 0.5) is 0 Å². The van der Waals surface area contributed by atoms with Gasteiger partial charge in [-0.25, -0.2) is 0 Å². The number of hydrogen-bond donors (Lipinski definition) is 2. The van der Waals surface area contributed by atoms with Gasteiger partial charge in [0.25, 0.3) is 0 Å². The van der Waals surface area contributed by atoms with Gasteiger partial charge in [0.1, 0.15) is 0 Å². The van der Waals surface area contributed by atoms with Crippen molar-refractivity contribution in [3.05, 3.63) is 12.3 Å². The molecule has 0 aromatic rings. The van der Waals surface area contributed by atoms with Gasteiger partial charge in [-0.2, -0.15) is 0 Å². The predicted molar refractivity (Wildman–Crippen MR) is 46.3 cm³/mol. The summed E-state index contributed by atoms with van der Waals surface area (Å²) in [6.45, 7) is 1.93. The van der Waals surface area contributed by atoms with Gasteiger partial charge in [-0.05, 0) is 6.08 Å². The molecule has 0 heterocycles. The molecule has 0 aromatic carbocycles. The van der Waals surface area contributed by atoms with Gasteiger partial charge in [0.2, 0.25) is 0 Å². The highest BCUT2D eigenvalue weighted by Crippen LogP contribution is 2.43. The number of rotatable bonds is 6. The molecule has 5 nitrogen and oxygen atoms in total. The monoisotopic (exact) mass is 195 g/mol. The van der Waals surface area contributed by atoms with Crippen molar-refractivity contribution in [2.75, 3.05) is 26.4 Å². The number of aliphatic hydroxyl groups is 1. The van der Waals surface area contributed by atoms with Crippen molar-refractivity contribution in [3.63, 3.8) is 0 Å². The van der Waals surface area contributed by atoms with Crippen molar-refractivity contribution in [2.24, 2.45) is 5.73 Å². The highest BCUT2D eigenvalue weighted by molar-refractivity contribution is 7.52. The molecule has 0 aliphatic heterocycles. The lowest BCUT2D eigenvalue weighted by atomic mass is 10.7. The summed E-state index contributed by atoms with van der Waals surface area (Å²) in [7, 11) is -2.98. The molecule has 6 heteroatoms. The Labute approximate surface area is 71.7 Å². The first-order chi connectivity index (χ1) is 5.62. The van der Waals surface area contributed by atoms with Crippen LogP contribution in [0.2, 0.25) is 0 Å². The Morgan fingerprint density at radius 1 is 1.58 bits per heavy atom. The molecule has 1 unspecified atom stereocenters. The van der Waals surface area contributed by atoms with Crippen LogP contribution in [0.15, 0.2) is 12.3 Å². The molecule has 0 saturated heterocycles. The zero-order valence-electron chi connectivity index (χ0n) is 6.97. The first kappa shape index (κ1) is 11.6. The van der Waals surface area contributed by atoms with Crippen LogP contribution in [0.25, 0.3) is 0 Å². The number of aliphatic hydroxyl groups excluding tert-OH is 1. The Hall–Kier alpha value is -0.350. The maximum Gasteiger partial charge on any atom is 0.327 e. The number of nitrogens with two attached hydrogens (primary N) is 1. The Kier molecular flexibility index (Phi) is 6.02. The van der Waals surface area contributed by atoms with Gasteiger partial charge < -0.3 is 19.9 Å². The molecule has 0 aromatic heterocycles. The fraction of sp³-hybridized carbons (Fsp3) is 0.667. The third-order valence-electron chi connectivity index (χ3n) is 0.954. The van der Waals surface area contributed by atoms with E-state index in [1.807, 2.05) is 0 Å². The van der Waals surface area contributed by atoms with Gasteiger partial charge in [-0.15, -0.1) is 0 Å². The van der Waals surface area contributed by atoms with Crippen molar-refractivity contribution in [1.29, 1.82) is 0 Å². The van der Waals surface area contributed by atoms with Gasteiger partial charge in [-0.1, -0.05) is 0 Å². The summed E-state index contributed by atoms with van der Waals surface area (Å²) in [5.74, 6) is 0. The molecule has 0 radical (unpaired) electrons. The predicted octanol–water partition coefficient (Wildman–Crippen LogP) is 0.873. The van der Waals surface area contributed by atoms with E-state index in [0.29, 0.717) is 6.54 Å². The van der Waals surface area contributed by atoms with E-state index >= 15 is 0 Å². The summed E-state index contributed by atoms with van der Waals surface area (Å²) in [5, 5.41) is 8.23. The highest BCUT2D eigenvalue weighted by atomic mass is 31.2. The Balaban J connectivity index is 3.63. The summed E-state index contributed by atoms with van der Waals surface area (Å²) in [5.41, 5.74) is 5.13. The third kappa shape index (κ3) is 6.37. The van der Waals surface area contributed by atoms with Crippen LogP contribution < -0.4 is 5.73 Å². The standard InChI is InChI=1S/C6H14NO4P/c1-12(9,11-6-3-7)10-5-2-4-8/h2,4,8H,3,5-7H2,1H3/b4-2+. The van der Waals surface area contributed by atoms with E-state index in [1.54, 1.807) is 0 Å². The van der Waals surface area contributed by atoms with E-state index < -0.39 is 7.60 Å². The minimum absolute atomic E-state index is 0.0643. The maximum absolute atomic E-state index is 11.2. The third-order valence-corrected chi connectivity index (χ3v) is 2.22. The Morgan fingerprint density at radius 2 is 2.25 bits per heavy atom. The lowest BCUT2D eigenvalue weighted by Crippen LogP contribution is -2.07. The first-order valence-corrected chi connectivity index (χ1v) is 5.47. The van der Waals surface area contributed by atoms with Gasteiger partial charge in [0.15, 0.2) is 0 Å². The van der Waals surface area contributed by atoms with E-state index in [4.69, 9.17) is 19.9 Å². The molecule has 12 heavy (non-hydrogen) atoms. The van der Waals surface area contributed by atoms with Crippen LogP contribution in [-0.4, -0.2) is 31.5 Å². The molecule has 0 aliphatic carbocycles. The van der Waals surface area contributed by atoms with Crippen molar-refractivity contribution in [2.45, 2.75) is 0 Å². The minimum atomic E-state index is -2.98. The Morgan fingerprint density at radius 3 is 2.75 bits per heavy atom. The van der Waals surface area contributed by atoms with Crippen LogP contribution >= 0.6 is 7.60 Å². The topological polar surface area (TPSA) is 81.8 Å². The van der Waals surface area contributed by atoms with E-state index in [9.17, 15) is 4.57 Å². The zero-order chi connectivity index (χ0) is 9.45. The molecule has 1 atom stereocenters. The molecule has 0 bridgehead atoms. The lowest BCUT2D eigenvalue weighted by molar-refractivity contribution is 0.228. The average molecular weight is 195 g/mol. The number of hydrogen-bond acceptors (Lipinski definition) is 5. The molecule has 0 spiro atoms. The molecule has 3 N–H and O–H groups in total. The van der Waals surface area contributed by atoms with Crippen LogP contribution in [0, 0.1) is 0 Å². The Bertz CT molecular complexity index is 182. The summed E-state index contributed by atoms with van der Waals surface area (Å²) in [4.78, 5) is 0. The van der Waals surface area contributed by atoms with Crippen LogP contribution in [0.5, 0.6) is 0 Å². The molecule has 0 saturated carbocycles. The normalized spacial score (nSPS) is 16.5. The van der Waals surface area contributed by atoms with Gasteiger partial charge in [-0.3, -0.25) is 4.57 Å². The zero-order valence-corrected chi connectivity index (χ0v) is 7.87.